The number of benzene rings is 1. The van der Waals surface area contributed by atoms with Gasteiger partial charge in [0.2, 0.25) is 15.9 Å². The number of rotatable bonds is 6. The zero-order chi connectivity index (χ0) is 21.6. The monoisotopic (exact) mass is 437 g/mol. The molecule has 166 valence electrons. The van der Waals surface area contributed by atoms with Gasteiger partial charge < -0.3 is 5.32 Å². The van der Waals surface area contributed by atoms with Crippen molar-refractivity contribution in [2.45, 2.75) is 75.1 Å². The maximum atomic E-state index is 13.2. The summed E-state index contributed by atoms with van der Waals surface area (Å²) in [7, 11) is -3.87. The SMILES string of the molecule is O=C(NCC1CCCCN1S(=O)(=O)c1cccc([N+](=O)[O-])c1)C1CCCCCCC1. The molecule has 8 nitrogen and oxygen atoms in total. The first-order chi connectivity index (χ1) is 14.4. The fourth-order valence-electron chi connectivity index (χ4n) is 4.47. The van der Waals surface area contributed by atoms with Crippen molar-refractivity contribution in [2.24, 2.45) is 5.92 Å². The number of carbonyl (C=O) groups is 1. The molecule has 0 radical (unpaired) electrons. The molecule has 0 spiro atoms. The van der Waals surface area contributed by atoms with Crippen molar-refractivity contribution < 1.29 is 18.1 Å². The number of hydrogen-bond donors (Lipinski definition) is 1. The van der Waals surface area contributed by atoms with Gasteiger partial charge in [0, 0.05) is 37.2 Å². The second kappa shape index (κ2) is 10.3. The lowest BCUT2D eigenvalue weighted by molar-refractivity contribution is -0.385. The third-order valence-corrected chi connectivity index (χ3v) is 8.14. The minimum absolute atomic E-state index is 0.00993. The molecule has 1 saturated carbocycles. The molecular formula is C21H31N3O5S. The summed E-state index contributed by atoms with van der Waals surface area (Å²) in [6, 6.07) is 4.83. The van der Waals surface area contributed by atoms with Gasteiger partial charge in [-0.25, -0.2) is 8.42 Å². The van der Waals surface area contributed by atoms with Crippen molar-refractivity contribution in [1.29, 1.82) is 0 Å². The van der Waals surface area contributed by atoms with E-state index in [4.69, 9.17) is 0 Å². The van der Waals surface area contributed by atoms with E-state index in [2.05, 4.69) is 5.32 Å². The Hall–Kier alpha value is -2.00. The summed E-state index contributed by atoms with van der Waals surface area (Å²) in [5.41, 5.74) is -0.248. The van der Waals surface area contributed by atoms with E-state index in [-0.39, 0.29) is 35.0 Å². The van der Waals surface area contributed by atoms with E-state index in [9.17, 15) is 23.3 Å². The third kappa shape index (κ3) is 5.57. The largest absolute Gasteiger partial charge is 0.354 e. The predicted octanol–water partition coefficient (Wildman–Crippen LogP) is 3.61. The van der Waals surface area contributed by atoms with Gasteiger partial charge in [-0.1, -0.05) is 44.6 Å². The lowest BCUT2D eigenvalue weighted by atomic mass is 9.90. The highest BCUT2D eigenvalue weighted by molar-refractivity contribution is 7.89. The van der Waals surface area contributed by atoms with Crippen LogP contribution in [0.5, 0.6) is 0 Å². The van der Waals surface area contributed by atoms with Gasteiger partial charge in [-0.2, -0.15) is 4.31 Å². The molecule has 0 aromatic heterocycles. The zero-order valence-corrected chi connectivity index (χ0v) is 18.1. The van der Waals surface area contributed by atoms with Crippen molar-refractivity contribution in [3.8, 4) is 0 Å². The maximum absolute atomic E-state index is 13.2. The van der Waals surface area contributed by atoms with E-state index < -0.39 is 14.9 Å². The molecule has 2 fully saturated rings. The highest BCUT2D eigenvalue weighted by atomic mass is 32.2. The summed E-state index contributed by atoms with van der Waals surface area (Å²) in [6.07, 6.45) is 9.79. The van der Waals surface area contributed by atoms with Crippen molar-refractivity contribution in [2.75, 3.05) is 13.1 Å². The van der Waals surface area contributed by atoms with Gasteiger partial charge in [0.05, 0.1) is 9.82 Å². The van der Waals surface area contributed by atoms with E-state index in [1.54, 1.807) is 0 Å². The molecular weight excluding hydrogens is 406 g/mol. The molecule has 1 heterocycles. The first-order valence-corrected chi connectivity index (χ1v) is 12.4. The molecule has 0 bridgehead atoms. The van der Waals surface area contributed by atoms with Crippen LogP contribution >= 0.6 is 0 Å². The smallest absolute Gasteiger partial charge is 0.270 e. The molecule has 1 atom stereocenters. The molecule has 1 aromatic carbocycles. The van der Waals surface area contributed by atoms with Gasteiger partial charge in [0.25, 0.3) is 5.69 Å². The molecule has 1 aliphatic carbocycles. The summed E-state index contributed by atoms with van der Waals surface area (Å²) >= 11 is 0. The summed E-state index contributed by atoms with van der Waals surface area (Å²) in [5.74, 6) is 0.0332. The molecule has 3 rings (SSSR count). The highest BCUT2D eigenvalue weighted by Gasteiger charge is 2.34. The van der Waals surface area contributed by atoms with Crippen LogP contribution in [0.25, 0.3) is 0 Å². The summed E-state index contributed by atoms with van der Waals surface area (Å²) in [4.78, 5) is 23.1. The molecule has 1 amide bonds. The molecule has 1 N–H and O–H groups in total. The zero-order valence-electron chi connectivity index (χ0n) is 17.3. The number of non-ortho nitro benzene ring substituents is 1. The molecule has 1 aliphatic heterocycles. The molecule has 2 aliphatic rings. The number of nitro groups is 1. The average molecular weight is 438 g/mol. The van der Waals surface area contributed by atoms with Crippen LogP contribution in [0.15, 0.2) is 29.2 Å². The summed E-state index contributed by atoms with van der Waals surface area (Å²) in [6.45, 7) is 0.637. The Morgan fingerprint density at radius 1 is 1.07 bits per heavy atom. The van der Waals surface area contributed by atoms with Gasteiger partial charge in [-0.3, -0.25) is 14.9 Å². The normalized spacial score (nSPS) is 22.1. The summed E-state index contributed by atoms with van der Waals surface area (Å²) < 4.78 is 27.8. The quantitative estimate of drug-likeness (QED) is 0.540. The molecule has 1 saturated heterocycles. The second-order valence-electron chi connectivity index (χ2n) is 8.31. The lowest BCUT2D eigenvalue weighted by Crippen LogP contribution is -2.50. The van der Waals surface area contributed by atoms with Crippen LogP contribution < -0.4 is 5.32 Å². The van der Waals surface area contributed by atoms with Gasteiger partial charge >= 0.3 is 0 Å². The van der Waals surface area contributed by atoms with Gasteiger partial charge in [-0.05, 0) is 31.7 Å². The number of amides is 1. The highest BCUT2D eigenvalue weighted by Crippen LogP contribution is 2.27. The Labute approximate surface area is 178 Å². The lowest BCUT2D eigenvalue weighted by Gasteiger charge is -2.35. The number of nitrogens with one attached hydrogen (secondary N) is 1. The van der Waals surface area contributed by atoms with E-state index in [1.165, 1.54) is 41.8 Å². The number of hydrogen-bond acceptors (Lipinski definition) is 5. The fourth-order valence-corrected chi connectivity index (χ4v) is 6.20. The number of nitrogens with zero attached hydrogens (tertiary/aromatic N) is 2. The minimum Gasteiger partial charge on any atom is -0.354 e. The van der Waals surface area contributed by atoms with Crippen LogP contribution in [0.1, 0.15) is 64.2 Å². The summed E-state index contributed by atoms with van der Waals surface area (Å²) in [5, 5.41) is 14.0. The first kappa shape index (κ1) is 22.7. The Kier molecular flexibility index (Phi) is 7.82. The Bertz CT molecular complexity index is 850. The molecule has 30 heavy (non-hydrogen) atoms. The second-order valence-corrected chi connectivity index (χ2v) is 10.2. The van der Waals surface area contributed by atoms with E-state index in [1.807, 2.05) is 0 Å². The fraction of sp³-hybridized carbons (Fsp3) is 0.667. The predicted molar refractivity (Wildman–Crippen MR) is 113 cm³/mol. The van der Waals surface area contributed by atoms with Crippen LogP contribution in [0.2, 0.25) is 0 Å². The number of sulfonamides is 1. The van der Waals surface area contributed by atoms with Crippen molar-refractivity contribution in [1.82, 2.24) is 9.62 Å². The number of carbonyl (C=O) groups excluding carboxylic acids is 1. The first-order valence-electron chi connectivity index (χ1n) is 10.9. The number of nitro benzene ring substituents is 1. The van der Waals surface area contributed by atoms with Crippen LogP contribution in [-0.4, -0.2) is 42.7 Å². The van der Waals surface area contributed by atoms with Gasteiger partial charge in [0.15, 0.2) is 0 Å². The minimum atomic E-state index is -3.87. The average Bonchev–Trinajstić information content (AvgIpc) is 2.72. The van der Waals surface area contributed by atoms with Crippen LogP contribution in [-0.2, 0) is 14.8 Å². The standard InChI is InChI=1S/C21H31N3O5S/c25-21(17-9-4-2-1-3-5-10-17)22-16-19-11-6-7-14-23(19)30(28,29)20-13-8-12-18(15-20)24(26)27/h8,12-13,15,17,19H,1-7,9-11,14,16H2,(H,22,25). The van der Waals surface area contributed by atoms with E-state index in [0.717, 1.165) is 44.6 Å². The Morgan fingerprint density at radius 2 is 1.73 bits per heavy atom. The Morgan fingerprint density at radius 3 is 2.43 bits per heavy atom. The van der Waals surface area contributed by atoms with Crippen molar-refractivity contribution >= 4 is 21.6 Å². The molecule has 9 heteroatoms. The van der Waals surface area contributed by atoms with Gasteiger partial charge in [-0.15, -0.1) is 0 Å². The Balaban J connectivity index is 1.69. The maximum Gasteiger partial charge on any atom is 0.270 e. The van der Waals surface area contributed by atoms with Crippen LogP contribution in [0.3, 0.4) is 0 Å². The van der Waals surface area contributed by atoms with Crippen LogP contribution in [0.4, 0.5) is 5.69 Å². The molecule has 1 unspecified atom stereocenters. The topological polar surface area (TPSA) is 110 Å². The molecule has 1 aromatic rings. The van der Waals surface area contributed by atoms with Gasteiger partial charge in [0.1, 0.15) is 0 Å². The van der Waals surface area contributed by atoms with Crippen LogP contribution in [0, 0.1) is 16.0 Å². The van der Waals surface area contributed by atoms with Crippen molar-refractivity contribution in [3.63, 3.8) is 0 Å². The number of piperidine rings is 1. The van der Waals surface area contributed by atoms with E-state index >= 15 is 0 Å². The van der Waals surface area contributed by atoms with Crippen molar-refractivity contribution in [3.05, 3.63) is 34.4 Å². The van der Waals surface area contributed by atoms with E-state index in [0.29, 0.717) is 13.0 Å². The third-order valence-electron chi connectivity index (χ3n) is 6.20.